The lowest BCUT2D eigenvalue weighted by Gasteiger charge is -2.28. The van der Waals surface area contributed by atoms with Gasteiger partial charge in [-0.3, -0.25) is 14.4 Å². The second-order valence-electron chi connectivity index (χ2n) is 8.96. The van der Waals surface area contributed by atoms with Crippen LogP contribution < -0.4 is 5.43 Å². The molecule has 3 rings (SSSR count). The molecule has 0 bridgehead atoms. The third-order valence-electron chi connectivity index (χ3n) is 5.70. The molecule has 0 radical (unpaired) electrons. The summed E-state index contributed by atoms with van der Waals surface area (Å²) < 4.78 is 5.69. The summed E-state index contributed by atoms with van der Waals surface area (Å²) in [5.41, 5.74) is 2.61. The van der Waals surface area contributed by atoms with Crippen molar-refractivity contribution < 1.29 is 14.0 Å². The highest BCUT2D eigenvalue weighted by Gasteiger charge is 2.23. The van der Waals surface area contributed by atoms with Crippen molar-refractivity contribution in [3.05, 3.63) is 81.7 Å². The van der Waals surface area contributed by atoms with E-state index in [1.807, 2.05) is 43.3 Å². The van der Waals surface area contributed by atoms with Gasteiger partial charge in [0.25, 0.3) is 0 Å². The minimum atomic E-state index is -0.281. The summed E-state index contributed by atoms with van der Waals surface area (Å²) in [5, 5.41) is 0.487. The van der Waals surface area contributed by atoms with Gasteiger partial charge in [-0.1, -0.05) is 55.8 Å². The number of nitrogens with zero attached hydrogens (tertiary/aromatic N) is 2. The number of amides is 2. The highest BCUT2D eigenvalue weighted by atomic mass is 35.5. The minimum Gasteiger partial charge on any atom is -0.464 e. The van der Waals surface area contributed by atoms with Gasteiger partial charge < -0.3 is 14.2 Å². The zero-order valence-corrected chi connectivity index (χ0v) is 20.7. The maximum absolute atomic E-state index is 13.4. The van der Waals surface area contributed by atoms with E-state index in [0.29, 0.717) is 35.5 Å². The third-order valence-corrected chi connectivity index (χ3v) is 5.93. The van der Waals surface area contributed by atoms with Gasteiger partial charge >= 0.3 is 0 Å². The Kier molecular flexibility index (Phi) is 8.88. The van der Waals surface area contributed by atoms with E-state index in [0.717, 1.165) is 17.5 Å². The van der Waals surface area contributed by atoms with Crippen molar-refractivity contribution in [1.82, 2.24) is 9.80 Å². The molecule has 0 fully saturated rings. The summed E-state index contributed by atoms with van der Waals surface area (Å²) >= 11 is 5.80. The lowest BCUT2D eigenvalue weighted by atomic mass is 10.1. The molecule has 0 aliphatic carbocycles. The van der Waals surface area contributed by atoms with Crippen molar-refractivity contribution in [1.29, 1.82) is 0 Å². The highest BCUT2D eigenvalue weighted by molar-refractivity contribution is 6.27. The number of hydrogen-bond donors (Lipinski definition) is 0. The zero-order chi connectivity index (χ0) is 24.7. The van der Waals surface area contributed by atoms with E-state index in [1.54, 1.807) is 17.0 Å². The van der Waals surface area contributed by atoms with Crippen LogP contribution in [0.2, 0.25) is 0 Å². The SMILES string of the molecule is Cc1ccc2occ(CN(Cc3ccccc3)C(=O)CN(CCC(C)C)C(=O)CCl)c(=O)c2c1. The largest absolute Gasteiger partial charge is 0.464 e. The second-order valence-corrected chi connectivity index (χ2v) is 9.22. The normalized spacial score (nSPS) is 11.1. The summed E-state index contributed by atoms with van der Waals surface area (Å²) in [5.74, 6) is -0.338. The van der Waals surface area contributed by atoms with Crippen LogP contribution in [0.15, 0.2) is 64.0 Å². The minimum absolute atomic E-state index is 0.0764. The molecular weight excluding hydrogens is 452 g/mol. The summed E-state index contributed by atoms with van der Waals surface area (Å²) in [6.45, 7) is 6.78. The predicted octanol–water partition coefficient (Wildman–Crippen LogP) is 4.74. The Morgan fingerprint density at radius 1 is 1.00 bits per heavy atom. The molecule has 2 amide bonds. The van der Waals surface area contributed by atoms with Crippen LogP contribution in [0.25, 0.3) is 11.0 Å². The van der Waals surface area contributed by atoms with Crippen molar-refractivity contribution in [2.24, 2.45) is 5.92 Å². The molecular formula is C27H31ClN2O4. The lowest BCUT2D eigenvalue weighted by Crippen LogP contribution is -2.44. The monoisotopic (exact) mass is 482 g/mol. The number of fused-ring (bicyclic) bond motifs is 1. The quantitative estimate of drug-likeness (QED) is 0.391. The number of hydrogen-bond acceptors (Lipinski definition) is 4. The standard InChI is InChI=1S/C27H31ClN2O4/c1-19(2)11-12-29(25(31)14-28)17-26(32)30(15-21-7-5-4-6-8-21)16-22-18-34-24-10-9-20(3)13-23(24)27(22)33/h4-10,13,18-19H,11-12,14-17H2,1-3H3. The van der Waals surface area contributed by atoms with E-state index in [4.69, 9.17) is 16.0 Å². The average Bonchev–Trinajstić information content (AvgIpc) is 2.83. The Labute approximate surface area is 205 Å². The van der Waals surface area contributed by atoms with Gasteiger partial charge in [0.05, 0.1) is 30.3 Å². The number of carbonyl (C=O) groups excluding carboxylic acids is 2. The topological polar surface area (TPSA) is 70.8 Å². The van der Waals surface area contributed by atoms with Gasteiger partial charge in [-0.15, -0.1) is 11.6 Å². The van der Waals surface area contributed by atoms with Gasteiger partial charge in [-0.2, -0.15) is 0 Å². The Hall–Kier alpha value is -3.12. The van der Waals surface area contributed by atoms with Crippen molar-refractivity contribution in [2.45, 2.75) is 40.3 Å². The first-order valence-corrected chi connectivity index (χ1v) is 12.0. The number of carbonyl (C=O) groups is 2. The molecule has 0 unspecified atom stereocenters. The number of alkyl halides is 1. The molecule has 6 nitrogen and oxygen atoms in total. The van der Waals surface area contributed by atoms with E-state index >= 15 is 0 Å². The Bertz CT molecular complexity index is 1190. The second kappa shape index (κ2) is 11.8. The number of halogens is 1. The van der Waals surface area contributed by atoms with Crippen LogP contribution in [0.3, 0.4) is 0 Å². The molecule has 3 aromatic rings. The molecule has 0 aliphatic rings. The first-order valence-electron chi connectivity index (χ1n) is 11.4. The lowest BCUT2D eigenvalue weighted by molar-refractivity contribution is -0.140. The van der Waals surface area contributed by atoms with Gasteiger partial charge in [0.15, 0.2) is 5.43 Å². The average molecular weight is 483 g/mol. The third kappa shape index (κ3) is 6.70. The van der Waals surface area contributed by atoms with Gasteiger partial charge in [-0.05, 0) is 37.0 Å². The van der Waals surface area contributed by atoms with Crippen molar-refractivity contribution in [3.8, 4) is 0 Å². The predicted molar refractivity (Wildman–Crippen MR) is 135 cm³/mol. The maximum Gasteiger partial charge on any atom is 0.242 e. The van der Waals surface area contributed by atoms with E-state index in [1.165, 1.54) is 11.2 Å². The summed E-state index contributed by atoms with van der Waals surface area (Å²) in [6.07, 6.45) is 2.19. The van der Waals surface area contributed by atoms with Crippen LogP contribution in [0.1, 0.15) is 37.0 Å². The molecule has 0 saturated carbocycles. The number of rotatable bonds is 10. The van der Waals surface area contributed by atoms with Crippen LogP contribution in [0.5, 0.6) is 0 Å². The highest BCUT2D eigenvalue weighted by Crippen LogP contribution is 2.16. The van der Waals surface area contributed by atoms with Crippen LogP contribution in [0, 0.1) is 12.8 Å². The van der Waals surface area contributed by atoms with Crippen LogP contribution in [0.4, 0.5) is 0 Å². The van der Waals surface area contributed by atoms with E-state index in [9.17, 15) is 14.4 Å². The van der Waals surface area contributed by atoms with E-state index < -0.39 is 0 Å². The van der Waals surface area contributed by atoms with Gasteiger partial charge in [0.2, 0.25) is 11.8 Å². The molecule has 0 aliphatic heterocycles. The van der Waals surface area contributed by atoms with Crippen molar-refractivity contribution in [2.75, 3.05) is 19.0 Å². The molecule has 180 valence electrons. The Morgan fingerprint density at radius 2 is 1.74 bits per heavy atom. The molecule has 1 aromatic heterocycles. The molecule has 1 heterocycles. The van der Waals surface area contributed by atoms with E-state index in [2.05, 4.69) is 13.8 Å². The Balaban J connectivity index is 1.89. The Morgan fingerprint density at radius 3 is 2.41 bits per heavy atom. The molecule has 0 spiro atoms. The molecule has 0 N–H and O–H groups in total. The van der Waals surface area contributed by atoms with Gasteiger partial charge in [-0.25, -0.2) is 0 Å². The smallest absolute Gasteiger partial charge is 0.242 e. The van der Waals surface area contributed by atoms with Crippen molar-refractivity contribution >= 4 is 34.4 Å². The first-order chi connectivity index (χ1) is 16.3. The number of benzene rings is 2. The maximum atomic E-state index is 13.4. The van der Waals surface area contributed by atoms with Crippen molar-refractivity contribution in [3.63, 3.8) is 0 Å². The molecule has 7 heteroatoms. The van der Waals surface area contributed by atoms with E-state index in [-0.39, 0.29) is 36.2 Å². The first kappa shape index (κ1) is 25.5. The fourth-order valence-electron chi connectivity index (χ4n) is 3.69. The fraction of sp³-hybridized carbons (Fsp3) is 0.370. The summed E-state index contributed by atoms with van der Waals surface area (Å²) in [6, 6.07) is 15.0. The number of aryl methyl sites for hydroxylation is 1. The zero-order valence-electron chi connectivity index (χ0n) is 19.9. The van der Waals surface area contributed by atoms with Crippen LogP contribution >= 0.6 is 11.6 Å². The summed E-state index contributed by atoms with van der Waals surface area (Å²) in [7, 11) is 0. The van der Waals surface area contributed by atoms with Crippen LogP contribution in [-0.2, 0) is 22.7 Å². The molecule has 34 heavy (non-hydrogen) atoms. The molecule has 2 aromatic carbocycles. The fourth-order valence-corrected chi connectivity index (χ4v) is 3.86. The summed E-state index contributed by atoms with van der Waals surface area (Å²) in [4.78, 5) is 42.1. The van der Waals surface area contributed by atoms with Gasteiger partial charge in [0.1, 0.15) is 11.5 Å². The molecule has 0 saturated heterocycles. The molecule has 0 atom stereocenters. The van der Waals surface area contributed by atoms with Gasteiger partial charge in [0, 0.05) is 13.1 Å². The van der Waals surface area contributed by atoms with Crippen LogP contribution in [-0.4, -0.2) is 40.6 Å².